The molecule has 154 valence electrons. The molecule has 0 N–H and O–H groups in total. The van der Waals surface area contributed by atoms with Crippen LogP contribution in [0.1, 0.15) is 62.2 Å². The van der Waals surface area contributed by atoms with Crippen LogP contribution in [0.5, 0.6) is 0 Å². The Morgan fingerprint density at radius 3 is 2.93 bits per heavy atom. The number of aromatic nitrogens is 3. The number of carbonyl (C=O) groups is 1. The summed E-state index contributed by atoms with van der Waals surface area (Å²) in [6, 6.07) is 8.57. The molecule has 5 rings (SSSR count). The summed E-state index contributed by atoms with van der Waals surface area (Å²) in [5, 5.41) is 9.08. The molecule has 1 aromatic heterocycles. The lowest BCUT2D eigenvalue weighted by Crippen LogP contribution is -2.46. The summed E-state index contributed by atoms with van der Waals surface area (Å²) in [6.07, 6.45) is 7.99. The van der Waals surface area contributed by atoms with Crippen molar-refractivity contribution in [1.82, 2.24) is 19.7 Å². The van der Waals surface area contributed by atoms with Gasteiger partial charge >= 0.3 is 0 Å². The topological polar surface area (TPSA) is 54.3 Å². The lowest BCUT2D eigenvalue weighted by Gasteiger charge is -2.33. The van der Waals surface area contributed by atoms with Gasteiger partial charge in [0.2, 0.25) is 5.91 Å². The molecule has 1 fully saturated rings. The summed E-state index contributed by atoms with van der Waals surface area (Å²) in [7, 11) is 0. The molecule has 29 heavy (non-hydrogen) atoms. The SMILES string of the molecule is C[C@H]1Cc2ccccc2N1C(=O)CN1CCC[C@@H](c2nnc3n2CCCCC3)C1. The molecule has 1 aromatic carbocycles. The number of benzene rings is 1. The van der Waals surface area contributed by atoms with E-state index in [0.29, 0.717) is 12.5 Å². The molecule has 1 saturated heterocycles. The van der Waals surface area contributed by atoms with Crippen molar-refractivity contribution >= 4 is 11.6 Å². The minimum Gasteiger partial charge on any atom is -0.315 e. The summed E-state index contributed by atoms with van der Waals surface area (Å²) < 4.78 is 2.38. The summed E-state index contributed by atoms with van der Waals surface area (Å²) in [5.74, 6) is 2.93. The lowest BCUT2D eigenvalue weighted by atomic mass is 9.97. The normalized spacial score (nSPS) is 24.8. The van der Waals surface area contributed by atoms with Crippen molar-refractivity contribution in [3.05, 3.63) is 41.5 Å². The van der Waals surface area contributed by atoms with Gasteiger partial charge in [0.1, 0.15) is 11.6 Å². The van der Waals surface area contributed by atoms with Crippen LogP contribution in [0.3, 0.4) is 0 Å². The number of nitrogens with zero attached hydrogens (tertiary/aromatic N) is 5. The third-order valence-corrected chi connectivity index (χ3v) is 6.84. The Morgan fingerprint density at radius 1 is 1.10 bits per heavy atom. The van der Waals surface area contributed by atoms with Gasteiger partial charge in [0.15, 0.2) is 0 Å². The minimum atomic E-state index is 0.225. The van der Waals surface area contributed by atoms with E-state index >= 15 is 0 Å². The van der Waals surface area contributed by atoms with Crippen molar-refractivity contribution < 1.29 is 4.79 Å². The molecule has 1 amide bonds. The van der Waals surface area contributed by atoms with E-state index in [1.165, 1.54) is 24.8 Å². The van der Waals surface area contributed by atoms with Crippen LogP contribution in [0, 0.1) is 0 Å². The van der Waals surface area contributed by atoms with E-state index in [1.54, 1.807) is 0 Å². The number of fused-ring (bicyclic) bond motifs is 2. The highest BCUT2D eigenvalue weighted by molar-refractivity contribution is 5.97. The molecule has 3 aliphatic heterocycles. The first-order valence-corrected chi connectivity index (χ1v) is 11.2. The van der Waals surface area contributed by atoms with E-state index in [9.17, 15) is 4.79 Å². The number of amides is 1. The van der Waals surface area contributed by atoms with Crippen LogP contribution in [-0.4, -0.2) is 51.2 Å². The second-order valence-electron chi connectivity index (χ2n) is 8.96. The predicted molar refractivity (Wildman–Crippen MR) is 113 cm³/mol. The number of hydrogen-bond donors (Lipinski definition) is 0. The van der Waals surface area contributed by atoms with Crippen LogP contribution in [0.25, 0.3) is 0 Å². The molecule has 4 heterocycles. The van der Waals surface area contributed by atoms with Crippen LogP contribution in [0.4, 0.5) is 5.69 Å². The third-order valence-electron chi connectivity index (χ3n) is 6.84. The highest BCUT2D eigenvalue weighted by atomic mass is 16.2. The molecule has 3 aliphatic rings. The first-order valence-electron chi connectivity index (χ1n) is 11.2. The number of aryl methyl sites for hydroxylation is 1. The average molecular weight is 394 g/mol. The predicted octanol–water partition coefficient (Wildman–Crippen LogP) is 3.16. The van der Waals surface area contributed by atoms with Gasteiger partial charge in [-0.25, -0.2) is 0 Å². The van der Waals surface area contributed by atoms with Gasteiger partial charge in [0, 0.05) is 37.2 Å². The highest BCUT2D eigenvalue weighted by Gasteiger charge is 2.33. The van der Waals surface area contributed by atoms with Crippen LogP contribution >= 0.6 is 0 Å². The molecule has 0 unspecified atom stereocenters. The molecule has 0 bridgehead atoms. The second-order valence-corrected chi connectivity index (χ2v) is 8.96. The van der Waals surface area contributed by atoms with Crippen molar-refractivity contribution in [1.29, 1.82) is 0 Å². The van der Waals surface area contributed by atoms with E-state index in [-0.39, 0.29) is 11.9 Å². The van der Waals surface area contributed by atoms with Crippen molar-refractivity contribution in [2.45, 2.75) is 70.4 Å². The fourth-order valence-corrected chi connectivity index (χ4v) is 5.43. The van der Waals surface area contributed by atoms with Gasteiger partial charge in [-0.05, 0) is 57.2 Å². The maximum absolute atomic E-state index is 13.2. The fourth-order valence-electron chi connectivity index (χ4n) is 5.43. The summed E-state index contributed by atoms with van der Waals surface area (Å²) >= 11 is 0. The van der Waals surface area contributed by atoms with Crippen LogP contribution in [0.2, 0.25) is 0 Å². The zero-order valence-electron chi connectivity index (χ0n) is 17.4. The maximum atomic E-state index is 13.2. The Balaban J connectivity index is 1.28. The lowest BCUT2D eigenvalue weighted by molar-refractivity contribution is -0.120. The third kappa shape index (κ3) is 3.59. The zero-order chi connectivity index (χ0) is 19.8. The molecular weight excluding hydrogens is 362 g/mol. The number of anilines is 1. The number of carbonyl (C=O) groups excluding carboxylic acids is 1. The number of likely N-dealkylation sites (tertiary alicyclic amines) is 1. The van der Waals surface area contributed by atoms with Crippen molar-refractivity contribution in [2.75, 3.05) is 24.5 Å². The van der Waals surface area contributed by atoms with Crippen LogP contribution in [0.15, 0.2) is 24.3 Å². The van der Waals surface area contributed by atoms with Crippen molar-refractivity contribution in [2.24, 2.45) is 0 Å². The first kappa shape index (κ1) is 18.8. The second kappa shape index (κ2) is 7.90. The molecule has 2 aromatic rings. The van der Waals surface area contributed by atoms with Gasteiger partial charge in [-0.1, -0.05) is 24.6 Å². The van der Waals surface area contributed by atoms with E-state index in [4.69, 9.17) is 0 Å². The summed E-state index contributed by atoms with van der Waals surface area (Å²) in [5.41, 5.74) is 2.39. The molecule has 6 nitrogen and oxygen atoms in total. The van der Waals surface area contributed by atoms with Gasteiger partial charge in [-0.3, -0.25) is 9.69 Å². The minimum absolute atomic E-state index is 0.225. The molecule has 0 aliphatic carbocycles. The molecule has 6 heteroatoms. The zero-order valence-corrected chi connectivity index (χ0v) is 17.4. The summed E-state index contributed by atoms with van der Waals surface area (Å²) in [6.45, 7) is 5.61. The van der Waals surface area contributed by atoms with E-state index in [2.05, 4.69) is 44.8 Å². The van der Waals surface area contributed by atoms with Gasteiger partial charge in [-0.2, -0.15) is 0 Å². The van der Waals surface area contributed by atoms with E-state index < -0.39 is 0 Å². The summed E-state index contributed by atoms with van der Waals surface area (Å²) in [4.78, 5) is 17.6. The largest absolute Gasteiger partial charge is 0.315 e. The van der Waals surface area contributed by atoms with Crippen LogP contribution < -0.4 is 4.90 Å². The molecule has 0 saturated carbocycles. The van der Waals surface area contributed by atoms with Gasteiger partial charge < -0.3 is 9.47 Å². The number of rotatable bonds is 3. The Labute approximate surface area is 172 Å². The number of piperidine rings is 1. The van der Waals surface area contributed by atoms with E-state index in [0.717, 1.165) is 62.7 Å². The molecule has 2 atom stereocenters. The maximum Gasteiger partial charge on any atom is 0.241 e. The first-order chi connectivity index (χ1) is 14.2. The average Bonchev–Trinajstić information content (AvgIpc) is 3.19. The Hall–Kier alpha value is -2.21. The molecular formula is C23H31N5O. The quantitative estimate of drug-likeness (QED) is 0.804. The number of hydrogen-bond acceptors (Lipinski definition) is 4. The molecule has 0 spiro atoms. The van der Waals surface area contributed by atoms with Crippen molar-refractivity contribution in [3.63, 3.8) is 0 Å². The van der Waals surface area contributed by atoms with Gasteiger partial charge in [-0.15, -0.1) is 10.2 Å². The Kier molecular flexibility index (Phi) is 5.12. The standard InChI is InChI=1S/C23H31N5O/c1-17-14-18-8-4-5-10-20(18)28(17)22(29)16-26-12-7-9-19(15-26)23-25-24-21-11-3-2-6-13-27(21)23/h4-5,8,10,17,19H,2-3,6-7,9,11-16H2,1H3/t17-,19+/m0/s1. The van der Waals surface area contributed by atoms with Crippen LogP contribution in [-0.2, 0) is 24.2 Å². The Bertz CT molecular complexity index is 891. The monoisotopic (exact) mass is 393 g/mol. The van der Waals surface area contributed by atoms with Crippen molar-refractivity contribution in [3.8, 4) is 0 Å². The Morgan fingerprint density at radius 2 is 2.00 bits per heavy atom. The molecule has 0 radical (unpaired) electrons. The van der Waals surface area contributed by atoms with Gasteiger partial charge in [0.05, 0.1) is 6.54 Å². The number of para-hydroxylation sites is 1. The highest BCUT2D eigenvalue weighted by Crippen LogP contribution is 2.33. The fraction of sp³-hybridized carbons (Fsp3) is 0.609. The smallest absolute Gasteiger partial charge is 0.241 e. The van der Waals surface area contributed by atoms with E-state index in [1.807, 2.05) is 11.0 Å². The van der Waals surface area contributed by atoms with Gasteiger partial charge in [0.25, 0.3) is 0 Å².